The maximum absolute atomic E-state index is 5.07. The van der Waals surface area contributed by atoms with Crippen molar-refractivity contribution in [2.75, 3.05) is 26.7 Å². The minimum Gasteiger partial charge on any atom is -0.481 e. The molecule has 1 N–H and O–H groups in total. The van der Waals surface area contributed by atoms with Gasteiger partial charge in [-0.2, -0.15) is 0 Å². The quantitative estimate of drug-likeness (QED) is 0.683. The molecule has 1 aliphatic heterocycles. The molecular formula is C16H26N4O. The maximum atomic E-state index is 5.07. The second-order valence-corrected chi connectivity index (χ2v) is 5.57. The third-order valence-corrected chi connectivity index (χ3v) is 3.71. The normalized spacial score (nSPS) is 19.5. The van der Waals surface area contributed by atoms with Crippen LogP contribution in [0.25, 0.3) is 0 Å². The number of hydrogen-bond donors (Lipinski definition) is 1. The van der Waals surface area contributed by atoms with E-state index in [9.17, 15) is 0 Å². The minimum absolute atomic E-state index is 0.638. The number of methoxy groups -OCH3 is 1. The van der Waals surface area contributed by atoms with Crippen LogP contribution in [0.4, 0.5) is 0 Å². The van der Waals surface area contributed by atoms with E-state index < -0.39 is 0 Å². The number of aromatic nitrogens is 1. The van der Waals surface area contributed by atoms with Crippen molar-refractivity contribution in [1.82, 2.24) is 15.2 Å². The van der Waals surface area contributed by atoms with Crippen LogP contribution in [0.15, 0.2) is 23.3 Å². The van der Waals surface area contributed by atoms with Crippen molar-refractivity contribution in [2.45, 2.75) is 33.2 Å². The molecule has 21 heavy (non-hydrogen) atoms. The van der Waals surface area contributed by atoms with Crippen molar-refractivity contribution in [3.8, 4) is 5.88 Å². The molecule has 1 fully saturated rings. The molecule has 1 aromatic heterocycles. The van der Waals surface area contributed by atoms with E-state index in [2.05, 4.69) is 29.0 Å². The van der Waals surface area contributed by atoms with E-state index in [0.29, 0.717) is 12.4 Å². The summed E-state index contributed by atoms with van der Waals surface area (Å²) in [6.07, 6.45) is 4.39. The predicted octanol–water partition coefficient (Wildman–Crippen LogP) is 2.29. The molecule has 0 saturated carbocycles. The van der Waals surface area contributed by atoms with E-state index in [1.165, 1.54) is 12.8 Å². The van der Waals surface area contributed by atoms with Crippen molar-refractivity contribution in [1.29, 1.82) is 0 Å². The monoisotopic (exact) mass is 290 g/mol. The largest absolute Gasteiger partial charge is 0.481 e. The van der Waals surface area contributed by atoms with Crippen LogP contribution in [-0.4, -0.2) is 42.6 Å². The Labute approximate surface area is 127 Å². The van der Waals surface area contributed by atoms with Gasteiger partial charge < -0.3 is 15.0 Å². The van der Waals surface area contributed by atoms with Gasteiger partial charge in [0.15, 0.2) is 5.96 Å². The van der Waals surface area contributed by atoms with Crippen LogP contribution < -0.4 is 10.1 Å². The highest BCUT2D eigenvalue weighted by molar-refractivity contribution is 5.80. The number of pyridine rings is 1. The van der Waals surface area contributed by atoms with E-state index in [1.807, 2.05) is 18.3 Å². The first-order valence-electron chi connectivity index (χ1n) is 7.75. The molecular weight excluding hydrogens is 264 g/mol. The molecule has 5 nitrogen and oxygen atoms in total. The molecule has 1 aliphatic rings. The highest BCUT2D eigenvalue weighted by atomic mass is 16.5. The lowest BCUT2D eigenvalue weighted by Gasteiger charge is -2.33. The molecule has 1 saturated heterocycles. The number of piperidine rings is 1. The Morgan fingerprint density at radius 3 is 3.00 bits per heavy atom. The van der Waals surface area contributed by atoms with Gasteiger partial charge in [-0.15, -0.1) is 0 Å². The van der Waals surface area contributed by atoms with Crippen LogP contribution in [0.5, 0.6) is 5.88 Å². The molecule has 1 atom stereocenters. The number of nitrogens with one attached hydrogen (secondary N) is 1. The molecule has 0 spiro atoms. The summed E-state index contributed by atoms with van der Waals surface area (Å²) in [4.78, 5) is 11.3. The smallest absolute Gasteiger partial charge is 0.212 e. The molecule has 2 rings (SSSR count). The number of nitrogens with zero attached hydrogens (tertiary/aromatic N) is 3. The summed E-state index contributed by atoms with van der Waals surface area (Å²) in [5.41, 5.74) is 1.09. The predicted molar refractivity (Wildman–Crippen MR) is 85.6 cm³/mol. The lowest BCUT2D eigenvalue weighted by Crippen LogP contribution is -2.46. The minimum atomic E-state index is 0.638. The summed E-state index contributed by atoms with van der Waals surface area (Å²) >= 11 is 0. The summed E-state index contributed by atoms with van der Waals surface area (Å²) < 4.78 is 5.07. The van der Waals surface area contributed by atoms with E-state index in [4.69, 9.17) is 9.73 Å². The average Bonchev–Trinajstić information content (AvgIpc) is 2.52. The fourth-order valence-electron chi connectivity index (χ4n) is 2.60. The Morgan fingerprint density at radius 2 is 2.38 bits per heavy atom. The molecule has 0 aliphatic carbocycles. The Morgan fingerprint density at radius 1 is 1.52 bits per heavy atom. The van der Waals surface area contributed by atoms with Gasteiger partial charge in [-0.25, -0.2) is 9.98 Å². The summed E-state index contributed by atoms with van der Waals surface area (Å²) in [5, 5.41) is 3.40. The average molecular weight is 290 g/mol. The highest BCUT2D eigenvalue weighted by Gasteiger charge is 2.18. The van der Waals surface area contributed by atoms with E-state index in [1.54, 1.807) is 7.11 Å². The fraction of sp³-hybridized carbons (Fsp3) is 0.625. The third-order valence-electron chi connectivity index (χ3n) is 3.71. The molecule has 116 valence electrons. The molecule has 2 heterocycles. The Bertz CT molecular complexity index is 458. The van der Waals surface area contributed by atoms with Gasteiger partial charge in [-0.1, -0.05) is 13.0 Å². The first kappa shape index (κ1) is 15.6. The van der Waals surface area contributed by atoms with Crippen molar-refractivity contribution in [2.24, 2.45) is 10.9 Å². The molecule has 0 radical (unpaired) electrons. The summed E-state index contributed by atoms with van der Waals surface area (Å²) in [7, 11) is 1.63. The zero-order chi connectivity index (χ0) is 15.1. The van der Waals surface area contributed by atoms with Crippen molar-refractivity contribution < 1.29 is 4.74 Å². The summed E-state index contributed by atoms with van der Waals surface area (Å²) in [6, 6.07) is 3.89. The van der Waals surface area contributed by atoms with Gasteiger partial charge in [0.2, 0.25) is 5.88 Å². The Hall–Kier alpha value is -1.78. The van der Waals surface area contributed by atoms with Gasteiger partial charge >= 0.3 is 0 Å². The van der Waals surface area contributed by atoms with E-state index >= 15 is 0 Å². The number of likely N-dealkylation sites (tertiary alicyclic amines) is 1. The first-order chi connectivity index (χ1) is 10.2. The SMILES string of the molecule is CCNC(=NCc1ccc(OC)nc1)N1CCCC(C)C1. The highest BCUT2D eigenvalue weighted by Crippen LogP contribution is 2.16. The molecule has 5 heteroatoms. The zero-order valence-electron chi connectivity index (χ0n) is 13.3. The van der Waals surface area contributed by atoms with Gasteiger partial charge in [0.1, 0.15) is 0 Å². The van der Waals surface area contributed by atoms with Crippen LogP contribution in [0.2, 0.25) is 0 Å². The lowest BCUT2D eigenvalue weighted by molar-refractivity contribution is 0.266. The van der Waals surface area contributed by atoms with Gasteiger partial charge in [-0.3, -0.25) is 0 Å². The number of hydrogen-bond acceptors (Lipinski definition) is 3. The number of guanidine groups is 1. The van der Waals surface area contributed by atoms with Crippen LogP contribution in [-0.2, 0) is 6.54 Å². The van der Waals surface area contributed by atoms with E-state index in [-0.39, 0.29) is 0 Å². The second-order valence-electron chi connectivity index (χ2n) is 5.57. The molecule has 1 unspecified atom stereocenters. The zero-order valence-corrected chi connectivity index (χ0v) is 13.3. The topological polar surface area (TPSA) is 49.8 Å². The van der Waals surface area contributed by atoms with Crippen molar-refractivity contribution in [3.63, 3.8) is 0 Å². The van der Waals surface area contributed by atoms with Crippen LogP contribution in [0.1, 0.15) is 32.3 Å². The third kappa shape index (κ3) is 4.62. The summed E-state index contributed by atoms with van der Waals surface area (Å²) in [5.74, 6) is 2.39. The molecule has 0 aromatic carbocycles. The Balaban J connectivity index is 2.02. The number of rotatable bonds is 4. The van der Waals surface area contributed by atoms with E-state index in [0.717, 1.165) is 37.1 Å². The fourth-order valence-corrected chi connectivity index (χ4v) is 2.60. The van der Waals surface area contributed by atoms with Crippen molar-refractivity contribution >= 4 is 5.96 Å². The van der Waals surface area contributed by atoms with Gasteiger partial charge in [0, 0.05) is 31.9 Å². The lowest BCUT2D eigenvalue weighted by atomic mass is 10.0. The van der Waals surface area contributed by atoms with Crippen molar-refractivity contribution in [3.05, 3.63) is 23.9 Å². The van der Waals surface area contributed by atoms with Crippen LogP contribution in [0.3, 0.4) is 0 Å². The van der Waals surface area contributed by atoms with Gasteiger partial charge in [0.05, 0.1) is 13.7 Å². The van der Waals surface area contributed by atoms with Gasteiger partial charge in [0.25, 0.3) is 0 Å². The van der Waals surface area contributed by atoms with Crippen LogP contribution >= 0.6 is 0 Å². The van der Waals surface area contributed by atoms with Crippen LogP contribution in [0, 0.1) is 5.92 Å². The Kier molecular flexibility index (Phi) is 5.84. The number of ether oxygens (including phenoxy) is 1. The standard InChI is InChI=1S/C16H26N4O/c1-4-17-16(20-9-5-6-13(2)12-20)19-11-14-7-8-15(21-3)18-10-14/h7-8,10,13H,4-6,9,11-12H2,1-3H3,(H,17,19). The maximum Gasteiger partial charge on any atom is 0.212 e. The number of aliphatic imine (C=N–C) groups is 1. The molecule has 0 amide bonds. The van der Waals surface area contributed by atoms with Gasteiger partial charge in [-0.05, 0) is 31.2 Å². The first-order valence-corrected chi connectivity index (χ1v) is 7.75. The summed E-state index contributed by atoms with van der Waals surface area (Å²) in [6.45, 7) is 8.14. The molecule has 0 bridgehead atoms. The molecule has 1 aromatic rings. The second kappa shape index (κ2) is 7.86.